The van der Waals surface area contributed by atoms with Gasteiger partial charge in [-0.1, -0.05) is 49.2 Å². The molecular weight excluding hydrogens is 362 g/mol. The molecule has 0 aromatic heterocycles. The summed E-state index contributed by atoms with van der Waals surface area (Å²) in [6, 6.07) is 5.00. The van der Waals surface area contributed by atoms with Gasteiger partial charge in [-0.15, -0.1) is 0 Å². The van der Waals surface area contributed by atoms with Crippen LogP contribution in [0, 0.1) is 0 Å². The molecule has 2 N–H and O–H groups in total. The third-order valence-corrected chi connectivity index (χ3v) is 4.90. The molecule has 4 nitrogen and oxygen atoms in total. The van der Waals surface area contributed by atoms with Crippen molar-refractivity contribution in [2.45, 2.75) is 45.0 Å². The minimum atomic E-state index is -0.778. The van der Waals surface area contributed by atoms with Crippen molar-refractivity contribution < 1.29 is 19.5 Å². The highest BCUT2D eigenvalue weighted by Gasteiger charge is 2.28. The van der Waals surface area contributed by atoms with Gasteiger partial charge < -0.3 is 19.5 Å². The van der Waals surface area contributed by atoms with Gasteiger partial charge in [-0.25, -0.2) is 0 Å². The Labute approximate surface area is 167 Å². The van der Waals surface area contributed by atoms with Crippen LogP contribution in [0.15, 0.2) is 47.6 Å². The molecule has 0 fully saturated rings. The Morgan fingerprint density at radius 2 is 2.22 bits per heavy atom. The van der Waals surface area contributed by atoms with E-state index >= 15 is 0 Å². The lowest BCUT2D eigenvalue weighted by Crippen LogP contribution is -2.32. The molecule has 0 radical (unpaired) electrons. The van der Waals surface area contributed by atoms with Gasteiger partial charge in [0, 0.05) is 13.4 Å². The number of halogens is 1. The summed E-state index contributed by atoms with van der Waals surface area (Å²) >= 11 is 6.24. The Morgan fingerprint density at radius 3 is 2.89 bits per heavy atom. The summed E-state index contributed by atoms with van der Waals surface area (Å²) in [7, 11) is 0.863. The van der Waals surface area contributed by atoms with E-state index in [2.05, 4.69) is 19.6 Å². The molecule has 0 aliphatic carbocycles. The maximum Gasteiger partial charge on any atom is 0.458 e. The van der Waals surface area contributed by atoms with Crippen molar-refractivity contribution in [1.29, 1.82) is 0 Å². The summed E-state index contributed by atoms with van der Waals surface area (Å²) in [5.74, 6) is 0.158. The number of hydrogen-bond donors (Lipinski definition) is 2. The van der Waals surface area contributed by atoms with Crippen LogP contribution in [0.2, 0.25) is 11.3 Å². The van der Waals surface area contributed by atoms with Crippen molar-refractivity contribution in [3.63, 3.8) is 0 Å². The van der Waals surface area contributed by atoms with Crippen molar-refractivity contribution in [1.82, 2.24) is 0 Å². The largest absolute Gasteiger partial charge is 0.508 e. The summed E-state index contributed by atoms with van der Waals surface area (Å²) in [5, 5.41) is 19.9. The van der Waals surface area contributed by atoms with E-state index in [1.54, 1.807) is 19.2 Å². The number of benzene rings is 1. The van der Waals surface area contributed by atoms with E-state index in [1.807, 2.05) is 12.1 Å². The molecule has 1 aromatic rings. The Hall–Kier alpha value is -1.53. The fraction of sp³-hybridized carbons (Fsp3) is 0.429. The summed E-state index contributed by atoms with van der Waals surface area (Å²) in [5.41, 5.74) is 4.05. The number of rotatable bonds is 9. The van der Waals surface area contributed by atoms with Crippen molar-refractivity contribution in [3.8, 4) is 5.75 Å². The summed E-state index contributed by atoms with van der Waals surface area (Å²) in [6.07, 6.45) is 7.88. The summed E-state index contributed by atoms with van der Waals surface area (Å²) < 4.78 is 11.0. The maximum atomic E-state index is 9.89. The molecule has 1 aliphatic heterocycles. The summed E-state index contributed by atoms with van der Waals surface area (Å²) in [4.78, 5) is 0. The van der Waals surface area contributed by atoms with Gasteiger partial charge in [-0.05, 0) is 54.2 Å². The molecule has 1 atom stereocenters. The molecule has 2 rings (SSSR count). The first-order valence-corrected chi connectivity index (χ1v) is 9.71. The van der Waals surface area contributed by atoms with Crippen LogP contribution >= 0.6 is 11.6 Å². The van der Waals surface area contributed by atoms with Gasteiger partial charge in [0.2, 0.25) is 0 Å². The maximum absolute atomic E-state index is 9.89. The Bertz CT molecular complexity index is 714. The van der Waals surface area contributed by atoms with Crippen LogP contribution in [0.5, 0.6) is 5.75 Å². The van der Waals surface area contributed by atoms with Crippen LogP contribution in [0.3, 0.4) is 0 Å². The highest BCUT2D eigenvalue weighted by atomic mass is 35.5. The first-order chi connectivity index (χ1) is 12.9. The average molecular weight is 391 g/mol. The predicted octanol–water partition coefficient (Wildman–Crippen LogP) is 5.02. The molecular formula is C21H28BClO4. The van der Waals surface area contributed by atoms with Crippen molar-refractivity contribution in [3.05, 3.63) is 58.2 Å². The van der Waals surface area contributed by atoms with E-state index < -0.39 is 7.12 Å². The molecule has 1 heterocycles. The Kier molecular flexibility index (Phi) is 8.64. The number of methoxy groups -OCH3 is 1. The molecule has 146 valence electrons. The summed E-state index contributed by atoms with van der Waals surface area (Å²) in [6.45, 7) is 6.67. The molecule has 1 aromatic carbocycles. The number of allylic oxidation sites excluding steroid dienone is 2. The first kappa shape index (κ1) is 21.8. The van der Waals surface area contributed by atoms with Crippen LogP contribution < -0.4 is 0 Å². The van der Waals surface area contributed by atoms with Crippen LogP contribution in [-0.4, -0.2) is 37.1 Å². The second-order valence-corrected chi connectivity index (χ2v) is 7.22. The highest BCUT2D eigenvalue weighted by molar-refractivity contribution is 6.43. The molecule has 0 amide bonds. The molecule has 0 spiro atoms. The van der Waals surface area contributed by atoms with Crippen molar-refractivity contribution in [2.24, 2.45) is 0 Å². The average Bonchev–Trinajstić information content (AvgIpc) is 2.62. The molecule has 27 heavy (non-hydrogen) atoms. The van der Waals surface area contributed by atoms with Gasteiger partial charge in [0.05, 0.1) is 17.7 Å². The highest BCUT2D eigenvalue weighted by Crippen LogP contribution is 2.30. The second-order valence-electron chi connectivity index (χ2n) is 6.81. The number of ether oxygens (including phenoxy) is 1. The van der Waals surface area contributed by atoms with Crippen molar-refractivity contribution in [2.75, 3.05) is 13.7 Å². The van der Waals surface area contributed by atoms with Crippen LogP contribution in [-0.2, 0) is 9.39 Å². The quantitative estimate of drug-likeness (QED) is 0.581. The second kappa shape index (κ2) is 10.7. The SMILES string of the molecule is C=C(COC)C1=CCB(O)OC1CC/C(=C/c1ccc(O)cc1Cl)CCC. The third kappa shape index (κ3) is 6.54. The van der Waals surface area contributed by atoms with Gasteiger partial charge >= 0.3 is 7.12 Å². The number of aromatic hydroxyl groups is 1. The lowest BCUT2D eigenvalue weighted by atomic mass is 9.78. The smallest absolute Gasteiger partial charge is 0.458 e. The molecule has 0 saturated heterocycles. The predicted molar refractivity (Wildman–Crippen MR) is 112 cm³/mol. The van der Waals surface area contributed by atoms with Gasteiger partial charge in [-0.2, -0.15) is 0 Å². The zero-order chi connectivity index (χ0) is 19.8. The molecule has 1 aliphatic rings. The first-order valence-electron chi connectivity index (χ1n) is 9.33. The lowest BCUT2D eigenvalue weighted by molar-refractivity contribution is 0.176. The van der Waals surface area contributed by atoms with Crippen LogP contribution in [0.4, 0.5) is 0 Å². The number of hydrogen-bond acceptors (Lipinski definition) is 4. The number of phenolic OH excluding ortho intramolecular Hbond substituents is 1. The molecule has 0 bridgehead atoms. The van der Waals surface area contributed by atoms with E-state index in [4.69, 9.17) is 21.0 Å². The minimum Gasteiger partial charge on any atom is -0.508 e. The van der Waals surface area contributed by atoms with Gasteiger partial charge in [-0.3, -0.25) is 0 Å². The lowest BCUT2D eigenvalue weighted by Gasteiger charge is -2.28. The molecule has 6 heteroatoms. The zero-order valence-corrected chi connectivity index (χ0v) is 16.8. The normalized spacial score (nSPS) is 17.8. The topological polar surface area (TPSA) is 58.9 Å². The van der Waals surface area contributed by atoms with E-state index in [0.717, 1.165) is 42.4 Å². The standard InChI is InChI=1S/C21H28BClO4/c1-4-5-16(12-17-7-8-18(24)13-20(17)23)6-9-21-19(15(2)14-26-3)10-11-22(25)27-21/h7-8,10,12-13,21,24-25H,2,4-6,9,11,14H2,1,3H3/b16-12+. The van der Waals surface area contributed by atoms with E-state index in [0.29, 0.717) is 17.9 Å². The van der Waals surface area contributed by atoms with Gasteiger partial charge in [0.25, 0.3) is 0 Å². The Morgan fingerprint density at radius 1 is 1.44 bits per heavy atom. The van der Waals surface area contributed by atoms with E-state index in [-0.39, 0.29) is 11.9 Å². The van der Waals surface area contributed by atoms with Crippen LogP contribution in [0.25, 0.3) is 6.08 Å². The molecule has 0 saturated carbocycles. The monoisotopic (exact) mass is 390 g/mol. The van der Waals surface area contributed by atoms with Gasteiger partial charge in [0.1, 0.15) is 5.75 Å². The van der Waals surface area contributed by atoms with Crippen molar-refractivity contribution >= 4 is 24.8 Å². The van der Waals surface area contributed by atoms with Crippen LogP contribution in [0.1, 0.15) is 38.2 Å². The third-order valence-electron chi connectivity index (χ3n) is 4.58. The number of phenols is 1. The minimum absolute atomic E-state index is 0.158. The molecule has 1 unspecified atom stereocenters. The fourth-order valence-corrected chi connectivity index (χ4v) is 3.52. The van der Waals surface area contributed by atoms with E-state index in [1.165, 1.54) is 5.57 Å². The fourth-order valence-electron chi connectivity index (χ4n) is 3.29. The van der Waals surface area contributed by atoms with Gasteiger partial charge in [0.15, 0.2) is 0 Å². The van der Waals surface area contributed by atoms with E-state index in [9.17, 15) is 10.1 Å². The Balaban J connectivity index is 2.13. The zero-order valence-electron chi connectivity index (χ0n) is 16.1.